The maximum absolute atomic E-state index is 10.9. The highest BCUT2D eigenvalue weighted by Crippen LogP contribution is 2.38. The molecule has 0 aliphatic rings. The summed E-state index contributed by atoms with van der Waals surface area (Å²) in [5, 5.41) is 19.8. The molecular weight excluding hydrogens is 338 g/mol. The van der Waals surface area contributed by atoms with Gasteiger partial charge in [-0.25, -0.2) is 0 Å². The van der Waals surface area contributed by atoms with Crippen molar-refractivity contribution < 1.29 is 18.5 Å². The van der Waals surface area contributed by atoms with Gasteiger partial charge in [-0.15, -0.1) is 10.2 Å². The zero-order chi connectivity index (χ0) is 18.3. The van der Waals surface area contributed by atoms with Crippen LogP contribution in [0.5, 0.6) is 5.75 Å². The molecule has 4 aromatic rings. The Bertz CT molecular complexity index is 1130. The standard InChI is InChI=1S/C18H13N3O5/c1-10-15-13(24-2)7-4-8-14(15)25-16(10)18-20-19-17(26-18)11-5-3-6-12(9-11)21(22)23/h3-9H,1-2H3. The molecule has 130 valence electrons. The number of nitrogens with zero attached hydrogens (tertiary/aromatic N) is 3. The fraction of sp³-hybridized carbons (Fsp3) is 0.111. The number of benzene rings is 2. The van der Waals surface area contributed by atoms with Crippen LogP contribution in [0.1, 0.15) is 5.56 Å². The van der Waals surface area contributed by atoms with E-state index < -0.39 is 4.92 Å². The average Bonchev–Trinajstić information content (AvgIpc) is 3.27. The molecule has 0 atom stereocenters. The number of furan rings is 1. The number of methoxy groups -OCH3 is 1. The molecule has 2 aromatic heterocycles. The lowest BCUT2D eigenvalue weighted by Gasteiger charge is -2.00. The third kappa shape index (κ3) is 2.48. The summed E-state index contributed by atoms with van der Waals surface area (Å²) in [6.07, 6.45) is 0. The number of nitro groups is 1. The van der Waals surface area contributed by atoms with Gasteiger partial charge in [0.15, 0.2) is 5.76 Å². The van der Waals surface area contributed by atoms with E-state index in [1.807, 2.05) is 25.1 Å². The van der Waals surface area contributed by atoms with E-state index in [1.54, 1.807) is 19.2 Å². The average molecular weight is 351 g/mol. The first kappa shape index (κ1) is 15.8. The molecule has 0 aliphatic carbocycles. The number of hydrogen-bond donors (Lipinski definition) is 0. The molecule has 4 rings (SSSR count). The van der Waals surface area contributed by atoms with Crippen molar-refractivity contribution in [2.45, 2.75) is 6.92 Å². The van der Waals surface area contributed by atoms with Crippen LogP contribution in [0.2, 0.25) is 0 Å². The van der Waals surface area contributed by atoms with Gasteiger partial charge < -0.3 is 13.6 Å². The summed E-state index contributed by atoms with van der Waals surface area (Å²) in [6.45, 7) is 1.88. The number of fused-ring (bicyclic) bond motifs is 1. The summed E-state index contributed by atoms with van der Waals surface area (Å²) in [7, 11) is 1.59. The first-order chi connectivity index (χ1) is 12.6. The molecule has 8 nitrogen and oxygen atoms in total. The Morgan fingerprint density at radius 1 is 1.08 bits per heavy atom. The SMILES string of the molecule is COc1cccc2oc(-c3nnc(-c4cccc([N+](=O)[O-])c4)o3)c(C)c12. The van der Waals surface area contributed by atoms with Crippen molar-refractivity contribution >= 4 is 16.7 Å². The second-order valence-electron chi connectivity index (χ2n) is 5.61. The van der Waals surface area contributed by atoms with Crippen LogP contribution in [0.4, 0.5) is 5.69 Å². The van der Waals surface area contributed by atoms with E-state index in [0.29, 0.717) is 22.7 Å². The summed E-state index contributed by atoms with van der Waals surface area (Å²) < 4.78 is 16.9. The van der Waals surface area contributed by atoms with E-state index in [2.05, 4.69) is 10.2 Å². The molecular formula is C18H13N3O5. The Balaban J connectivity index is 1.80. The van der Waals surface area contributed by atoms with E-state index in [1.165, 1.54) is 12.1 Å². The second-order valence-corrected chi connectivity index (χ2v) is 5.61. The quantitative estimate of drug-likeness (QED) is 0.397. The number of aromatic nitrogens is 2. The molecule has 0 bridgehead atoms. The summed E-state index contributed by atoms with van der Waals surface area (Å²) in [4.78, 5) is 10.5. The molecule has 2 heterocycles. The number of ether oxygens (including phenoxy) is 1. The van der Waals surface area contributed by atoms with Gasteiger partial charge in [-0.2, -0.15) is 0 Å². The van der Waals surface area contributed by atoms with Gasteiger partial charge in [0.05, 0.1) is 17.4 Å². The van der Waals surface area contributed by atoms with Gasteiger partial charge in [0, 0.05) is 23.3 Å². The molecule has 8 heteroatoms. The van der Waals surface area contributed by atoms with Crippen molar-refractivity contribution in [3.63, 3.8) is 0 Å². The Morgan fingerprint density at radius 3 is 2.62 bits per heavy atom. The lowest BCUT2D eigenvalue weighted by molar-refractivity contribution is -0.384. The lowest BCUT2D eigenvalue weighted by atomic mass is 10.1. The van der Waals surface area contributed by atoms with Crippen LogP contribution in [0.3, 0.4) is 0 Å². The predicted molar refractivity (Wildman–Crippen MR) is 92.9 cm³/mol. The van der Waals surface area contributed by atoms with E-state index in [-0.39, 0.29) is 17.5 Å². The molecule has 0 amide bonds. The third-order valence-corrected chi connectivity index (χ3v) is 4.06. The Hall–Kier alpha value is -3.68. The van der Waals surface area contributed by atoms with Crippen LogP contribution < -0.4 is 4.74 Å². The smallest absolute Gasteiger partial charge is 0.284 e. The lowest BCUT2D eigenvalue weighted by Crippen LogP contribution is -1.88. The minimum atomic E-state index is -0.476. The highest BCUT2D eigenvalue weighted by Gasteiger charge is 2.21. The van der Waals surface area contributed by atoms with Gasteiger partial charge in [0.25, 0.3) is 11.6 Å². The molecule has 0 saturated heterocycles. The number of hydrogen-bond acceptors (Lipinski definition) is 7. The summed E-state index contributed by atoms with van der Waals surface area (Å²) >= 11 is 0. The number of non-ortho nitro benzene ring substituents is 1. The van der Waals surface area contributed by atoms with Crippen molar-refractivity contribution in [1.29, 1.82) is 0 Å². The van der Waals surface area contributed by atoms with Crippen molar-refractivity contribution in [2.75, 3.05) is 7.11 Å². The molecule has 0 fully saturated rings. The van der Waals surface area contributed by atoms with Gasteiger partial charge in [-0.3, -0.25) is 10.1 Å². The van der Waals surface area contributed by atoms with E-state index in [9.17, 15) is 10.1 Å². The molecule has 0 spiro atoms. The van der Waals surface area contributed by atoms with Crippen LogP contribution in [0.25, 0.3) is 34.1 Å². The van der Waals surface area contributed by atoms with Crippen LogP contribution in [0.15, 0.2) is 51.3 Å². The van der Waals surface area contributed by atoms with Crippen molar-refractivity contribution in [3.8, 4) is 28.9 Å². The fourth-order valence-electron chi connectivity index (χ4n) is 2.82. The molecule has 0 saturated carbocycles. The van der Waals surface area contributed by atoms with Crippen LogP contribution in [-0.2, 0) is 0 Å². The van der Waals surface area contributed by atoms with Gasteiger partial charge in [-0.05, 0) is 25.1 Å². The van der Waals surface area contributed by atoms with Crippen molar-refractivity contribution in [3.05, 3.63) is 58.1 Å². The van der Waals surface area contributed by atoms with E-state index in [4.69, 9.17) is 13.6 Å². The molecule has 0 aliphatic heterocycles. The number of nitro benzene ring substituents is 1. The largest absolute Gasteiger partial charge is 0.496 e. The van der Waals surface area contributed by atoms with Crippen molar-refractivity contribution in [2.24, 2.45) is 0 Å². The second kappa shape index (κ2) is 5.99. The molecule has 0 N–H and O–H groups in total. The van der Waals surface area contributed by atoms with Crippen LogP contribution >= 0.6 is 0 Å². The van der Waals surface area contributed by atoms with E-state index >= 15 is 0 Å². The summed E-state index contributed by atoms with van der Waals surface area (Å²) in [5.41, 5.74) is 1.87. The van der Waals surface area contributed by atoms with Gasteiger partial charge in [0.1, 0.15) is 11.3 Å². The minimum Gasteiger partial charge on any atom is -0.496 e. The number of aryl methyl sites for hydroxylation is 1. The van der Waals surface area contributed by atoms with Gasteiger partial charge >= 0.3 is 0 Å². The zero-order valence-corrected chi connectivity index (χ0v) is 13.9. The predicted octanol–water partition coefficient (Wildman–Crippen LogP) is 4.38. The summed E-state index contributed by atoms with van der Waals surface area (Å²) in [5.74, 6) is 1.50. The summed E-state index contributed by atoms with van der Waals surface area (Å²) in [6, 6.07) is 11.5. The van der Waals surface area contributed by atoms with Gasteiger partial charge in [-0.1, -0.05) is 12.1 Å². The highest BCUT2D eigenvalue weighted by molar-refractivity contribution is 5.91. The first-order valence-electron chi connectivity index (χ1n) is 7.73. The maximum Gasteiger partial charge on any atom is 0.284 e. The molecule has 2 aromatic carbocycles. The zero-order valence-electron chi connectivity index (χ0n) is 13.9. The third-order valence-electron chi connectivity index (χ3n) is 4.06. The Morgan fingerprint density at radius 2 is 1.85 bits per heavy atom. The normalized spacial score (nSPS) is 11.0. The maximum atomic E-state index is 10.9. The van der Waals surface area contributed by atoms with Crippen LogP contribution in [-0.4, -0.2) is 22.2 Å². The minimum absolute atomic E-state index is 0.0492. The van der Waals surface area contributed by atoms with Gasteiger partial charge in [0.2, 0.25) is 5.89 Å². The molecule has 0 unspecified atom stereocenters. The van der Waals surface area contributed by atoms with E-state index in [0.717, 1.165) is 10.9 Å². The Kier molecular flexibility index (Phi) is 3.65. The molecule has 0 radical (unpaired) electrons. The molecule has 26 heavy (non-hydrogen) atoms. The van der Waals surface area contributed by atoms with Crippen molar-refractivity contribution in [1.82, 2.24) is 10.2 Å². The number of rotatable bonds is 4. The topological polar surface area (TPSA) is 104 Å². The fourth-order valence-corrected chi connectivity index (χ4v) is 2.82. The first-order valence-corrected chi connectivity index (χ1v) is 7.73. The van der Waals surface area contributed by atoms with Crippen LogP contribution in [0, 0.1) is 17.0 Å². The Labute approximate surface area is 147 Å². The highest BCUT2D eigenvalue weighted by atomic mass is 16.6. The monoisotopic (exact) mass is 351 g/mol.